The van der Waals surface area contributed by atoms with Crippen LogP contribution in [0.3, 0.4) is 0 Å². The normalized spacial score (nSPS) is 15.3. The number of aliphatic carboxylic acids is 1. The van der Waals surface area contributed by atoms with Crippen molar-refractivity contribution in [3.05, 3.63) is 0 Å². The van der Waals surface area contributed by atoms with Gasteiger partial charge in [-0.1, -0.05) is 0 Å². The maximum absolute atomic E-state index is 10.3. The highest BCUT2D eigenvalue weighted by molar-refractivity contribution is 5.77. The van der Waals surface area contributed by atoms with E-state index in [-0.39, 0.29) is 12.8 Å². The second-order valence-corrected chi connectivity index (χ2v) is 2.38. The van der Waals surface area contributed by atoms with Crippen LogP contribution in [0.2, 0.25) is 0 Å². The van der Waals surface area contributed by atoms with Crippen molar-refractivity contribution >= 4 is 5.97 Å². The van der Waals surface area contributed by atoms with Gasteiger partial charge in [-0.2, -0.15) is 5.26 Å². The summed E-state index contributed by atoms with van der Waals surface area (Å²) in [5, 5.41) is 16.5. The van der Waals surface area contributed by atoms with Crippen LogP contribution in [0.5, 0.6) is 0 Å². The molecule has 0 radical (unpaired) electrons. The molecule has 0 spiro atoms. The van der Waals surface area contributed by atoms with Gasteiger partial charge in [0.2, 0.25) is 0 Å². The average molecular weight is 142 g/mol. The van der Waals surface area contributed by atoms with Gasteiger partial charge in [0.15, 0.2) is 0 Å². The summed E-state index contributed by atoms with van der Waals surface area (Å²) < 4.78 is 0. The molecule has 0 aliphatic heterocycles. The number of carboxylic acids is 1. The first-order valence-corrected chi connectivity index (χ1v) is 2.90. The Morgan fingerprint density at radius 2 is 2.40 bits per heavy atom. The predicted octanol–water partition coefficient (Wildman–Crippen LogP) is 0.0922. The fourth-order valence-corrected chi connectivity index (χ4v) is 0.423. The van der Waals surface area contributed by atoms with E-state index in [2.05, 4.69) is 0 Å². The van der Waals surface area contributed by atoms with Crippen LogP contribution < -0.4 is 5.73 Å². The summed E-state index contributed by atoms with van der Waals surface area (Å²) in [5.74, 6) is -1.07. The number of carbonyl (C=O) groups is 1. The van der Waals surface area contributed by atoms with E-state index >= 15 is 0 Å². The summed E-state index contributed by atoms with van der Waals surface area (Å²) in [6.45, 7) is 1.40. The Kier molecular flexibility index (Phi) is 2.84. The molecule has 0 bridgehead atoms. The van der Waals surface area contributed by atoms with Crippen LogP contribution >= 0.6 is 0 Å². The van der Waals surface area contributed by atoms with E-state index in [0.717, 1.165) is 0 Å². The predicted molar refractivity (Wildman–Crippen MR) is 35.1 cm³/mol. The van der Waals surface area contributed by atoms with Gasteiger partial charge in [0.1, 0.15) is 5.54 Å². The molecule has 4 heteroatoms. The van der Waals surface area contributed by atoms with Crippen molar-refractivity contribution in [3.63, 3.8) is 0 Å². The number of hydrogen-bond acceptors (Lipinski definition) is 3. The van der Waals surface area contributed by atoms with Crippen molar-refractivity contribution in [1.82, 2.24) is 0 Å². The van der Waals surface area contributed by atoms with Crippen LogP contribution in [-0.2, 0) is 4.79 Å². The van der Waals surface area contributed by atoms with Gasteiger partial charge in [-0.15, -0.1) is 0 Å². The molecule has 1 atom stereocenters. The lowest BCUT2D eigenvalue weighted by molar-refractivity contribution is -0.142. The summed E-state index contributed by atoms with van der Waals surface area (Å²) in [6, 6.07) is 1.84. The van der Waals surface area contributed by atoms with E-state index in [1.54, 1.807) is 0 Å². The van der Waals surface area contributed by atoms with Crippen LogP contribution in [0.25, 0.3) is 0 Å². The zero-order valence-electron chi connectivity index (χ0n) is 5.79. The maximum atomic E-state index is 10.3. The Bertz CT molecular complexity index is 169. The molecule has 0 aliphatic rings. The molecular formula is C6H10N2O2. The van der Waals surface area contributed by atoms with Crippen LogP contribution in [-0.4, -0.2) is 16.6 Å². The van der Waals surface area contributed by atoms with E-state index < -0.39 is 11.5 Å². The van der Waals surface area contributed by atoms with Gasteiger partial charge in [-0.3, -0.25) is 4.79 Å². The van der Waals surface area contributed by atoms with Crippen molar-refractivity contribution in [1.29, 1.82) is 5.26 Å². The maximum Gasteiger partial charge on any atom is 0.323 e. The molecule has 0 amide bonds. The molecule has 0 saturated heterocycles. The highest BCUT2D eigenvalue weighted by Crippen LogP contribution is 2.07. The van der Waals surface area contributed by atoms with Gasteiger partial charge >= 0.3 is 5.97 Å². The number of carboxylic acid groups (broad SMARTS) is 1. The van der Waals surface area contributed by atoms with Crippen LogP contribution in [0, 0.1) is 11.3 Å². The minimum atomic E-state index is -1.25. The monoisotopic (exact) mass is 142 g/mol. The molecule has 1 unspecified atom stereocenters. The molecule has 10 heavy (non-hydrogen) atoms. The fourth-order valence-electron chi connectivity index (χ4n) is 0.423. The number of nitriles is 1. The highest BCUT2D eigenvalue weighted by Gasteiger charge is 2.26. The molecule has 56 valence electrons. The molecule has 0 aliphatic carbocycles. The van der Waals surface area contributed by atoms with Crippen molar-refractivity contribution < 1.29 is 9.90 Å². The van der Waals surface area contributed by atoms with E-state index in [4.69, 9.17) is 16.1 Å². The molecule has 0 aromatic heterocycles. The molecule has 0 aromatic rings. The largest absolute Gasteiger partial charge is 0.480 e. The SMILES string of the molecule is CC(N)(CCC#N)C(=O)O. The van der Waals surface area contributed by atoms with E-state index in [0.29, 0.717) is 0 Å². The second kappa shape index (κ2) is 3.18. The Labute approximate surface area is 59.3 Å². The minimum absolute atomic E-state index is 0.180. The lowest BCUT2D eigenvalue weighted by Gasteiger charge is -2.16. The third-order valence-corrected chi connectivity index (χ3v) is 1.24. The standard InChI is InChI=1S/C6H10N2O2/c1-6(8,5(9)10)3-2-4-7/h2-3,8H2,1H3,(H,9,10). The van der Waals surface area contributed by atoms with Gasteiger partial charge in [-0.05, 0) is 13.3 Å². The highest BCUT2D eigenvalue weighted by atomic mass is 16.4. The number of nitrogens with two attached hydrogens (primary N) is 1. The fraction of sp³-hybridized carbons (Fsp3) is 0.667. The van der Waals surface area contributed by atoms with E-state index in [1.807, 2.05) is 6.07 Å². The minimum Gasteiger partial charge on any atom is -0.480 e. The van der Waals surface area contributed by atoms with E-state index in [9.17, 15) is 4.79 Å². The molecule has 0 aromatic carbocycles. The summed E-state index contributed by atoms with van der Waals surface area (Å²) in [7, 11) is 0. The molecule has 0 rings (SSSR count). The smallest absolute Gasteiger partial charge is 0.323 e. The topological polar surface area (TPSA) is 87.1 Å². The molecule has 3 N–H and O–H groups in total. The summed E-state index contributed by atoms with van der Waals surface area (Å²) in [6.07, 6.45) is 0.373. The van der Waals surface area contributed by atoms with Crippen LogP contribution in [0.4, 0.5) is 0 Å². The first-order chi connectivity index (χ1) is 4.50. The van der Waals surface area contributed by atoms with Gasteiger partial charge in [-0.25, -0.2) is 0 Å². The molecule has 0 heterocycles. The van der Waals surface area contributed by atoms with Crippen molar-refractivity contribution in [3.8, 4) is 6.07 Å². The summed E-state index contributed by atoms with van der Waals surface area (Å²) >= 11 is 0. The third-order valence-electron chi connectivity index (χ3n) is 1.24. The molecule has 4 nitrogen and oxygen atoms in total. The Morgan fingerprint density at radius 3 is 2.70 bits per heavy atom. The van der Waals surface area contributed by atoms with Crippen LogP contribution in [0.1, 0.15) is 19.8 Å². The van der Waals surface area contributed by atoms with Gasteiger partial charge < -0.3 is 10.8 Å². The number of hydrogen-bond donors (Lipinski definition) is 2. The van der Waals surface area contributed by atoms with Crippen LogP contribution in [0.15, 0.2) is 0 Å². The zero-order chi connectivity index (χ0) is 8.20. The number of nitrogens with zero attached hydrogens (tertiary/aromatic N) is 1. The molecular weight excluding hydrogens is 132 g/mol. The van der Waals surface area contributed by atoms with Gasteiger partial charge in [0, 0.05) is 6.42 Å². The van der Waals surface area contributed by atoms with E-state index in [1.165, 1.54) is 6.92 Å². The first-order valence-electron chi connectivity index (χ1n) is 2.90. The van der Waals surface area contributed by atoms with Crippen molar-refractivity contribution in [2.75, 3.05) is 0 Å². The van der Waals surface area contributed by atoms with Gasteiger partial charge in [0.25, 0.3) is 0 Å². The van der Waals surface area contributed by atoms with Crippen molar-refractivity contribution in [2.45, 2.75) is 25.3 Å². The quantitative estimate of drug-likeness (QED) is 0.584. The summed E-state index contributed by atoms with van der Waals surface area (Å²) in [5.41, 5.74) is 4.04. The van der Waals surface area contributed by atoms with Gasteiger partial charge in [0.05, 0.1) is 6.07 Å². The first kappa shape index (κ1) is 8.92. The Hall–Kier alpha value is -1.08. The molecule has 0 fully saturated rings. The summed E-state index contributed by atoms with van der Waals surface area (Å²) in [4.78, 5) is 10.3. The Balaban J connectivity index is 3.90. The lowest BCUT2D eigenvalue weighted by Crippen LogP contribution is -2.44. The lowest BCUT2D eigenvalue weighted by atomic mass is 9.98. The number of rotatable bonds is 3. The average Bonchev–Trinajstić information content (AvgIpc) is 1.84. The zero-order valence-corrected chi connectivity index (χ0v) is 5.79. The third kappa shape index (κ3) is 2.46. The second-order valence-electron chi connectivity index (χ2n) is 2.38. The van der Waals surface area contributed by atoms with Crippen molar-refractivity contribution in [2.24, 2.45) is 5.73 Å². The molecule has 0 saturated carbocycles. The Morgan fingerprint density at radius 1 is 1.90 bits per heavy atom.